The maximum atomic E-state index is 6.16. The molecule has 0 amide bonds. The summed E-state index contributed by atoms with van der Waals surface area (Å²) in [6.07, 6.45) is 5.17. The predicted octanol–water partition coefficient (Wildman–Crippen LogP) is 2.86. The molecule has 2 aromatic heterocycles. The highest BCUT2D eigenvalue weighted by Crippen LogP contribution is 2.27. The van der Waals surface area contributed by atoms with Crippen LogP contribution in [0.25, 0.3) is 6.08 Å². The normalized spacial score (nSPS) is 21.5. The van der Waals surface area contributed by atoms with Gasteiger partial charge in [-0.3, -0.25) is 4.99 Å². The molecular weight excluding hydrogens is 430 g/mol. The van der Waals surface area contributed by atoms with E-state index in [2.05, 4.69) is 67.8 Å². The van der Waals surface area contributed by atoms with E-state index < -0.39 is 0 Å². The van der Waals surface area contributed by atoms with Crippen molar-refractivity contribution in [2.45, 2.75) is 57.0 Å². The van der Waals surface area contributed by atoms with E-state index in [1.807, 2.05) is 0 Å². The van der Waals surface area contributed by atoms with Crippen LogP contribution in [0.5, 0.6) is 5.19 Å². The molecule has 0 N–H and O–H groups in total. The molecule has 4 heterocycles. The average molecular weight is 454 g/mol. The van der Waals surface area contributed by atoms with Gasteiger partial charge in [-0.1, -0.05) is 52.3 Å². The number of piperidine rings is 1. The van der Waals surface area contributed by atoms with E-state index in [1.54, 1.807) is 0 Å². The Morgan fingerprint density at radius 2 is 2.04 bits per heavy atom. The van der Waals surface area contributed by atoms with Gasteiger partial charge in [-0.05, 0) is 25.7 Å². The molecule has 1 fully saturated rings. The first-order valence-corrected chi connectivity index (χ1v) is 11.2. The van der Waals surface area contributed by atoms with Gasteiger partial charge in [0.1, 0.15) is 15.7 Å². The molecule has 2 aliphatic heterocycles. The van der Waals surface area contributed by atoms with E-state index in [-0.39, 0.29) is 17.0 Å². The van der Waals surface area contributed by atoms with Gasteiger partial charge in [0.05, 0.1) is 5.35 Å². The number of fused-ring (bicyclic) bond motifs is 1. The van der Waals surface area contributed by atoms with E-state index in [4.69, 9.17) is 9.26 Å². The van der Waals surface area contributed by atoms with Crippen LogP contribution in [0.3, 0.4) is 0 Å². The van der Waals surface area contributed by atoms with E-state index in [9.17, 15) is 0 Å². The third kappa shape index (κ3) is 4.18. The smallest absolute Gasteiger partial charge is 0.324 e. The first-order valence-electron chi connectivity index (χ1n) is 9.43. The van der Waals surface area contributed by atoms with E-state index in [1.165, 1.54) is 11.3 Å². The molecule has 0 spiro atoms. The van der Waals surface area contributed by atoms with Gasteiger partial charge in [0, 0.05) is 25.4 Å². The fourth-order valence-corrected chi connectivity index (χ4v) is 4.82. The number of thiazole rings is 1. The molecule has 0 aliphatic carbocycles. The Morgan fingerprint density at radius 3 is 2.74 bits per heavy atom. The number of ether oxygens (including phenoxy) is 1. The van der Waals surface area contributed by atoms with Crippen molar-refractivity contribution in [2.75, 3.05) is 18.0 Å². The van der Waals surface area contributed by atoms with Crippen molar-refractivity contribution in [3.05, 3.63) is 15.8 Å². The molecule has 0 aromatic carbocycles. The van der Waals surface area contributed by atoms with Crippen LogP contribution in [-0.4, -0.2) is 39.3 Å². The molecule has 2 aliphatic rings. The van der Waals surface area contributed by atoms with Gasteiger partial charge in [0.2, 0.25) is 0 Å². The summed E-state index contributed by atoms with van der Waals surface area (Å²) in [4.78, 5) is 16.0. The Bertz CT molecular complexity index is 903. The fraction of sp³-hybridized carbons (Fsp3) is 0.667. The first kappa shape index (κ1) is 18.9. The Kier molecular flexibility index (Phi) is 5.50. The SMILES string of the molecule is CC(C)c1noc(N2CCC([C@H](C)Oc3nc4c(s3)=NC(Br)CC=4)CC2)n1. The van der Waals surface area contributed by atoms with Crippen LogP contribution in [-0.2, 0) is 0 Å². The van der Waals surface area contributed by atoms with E-state index in [0.717, 1.165) is 53.4 Å². The van der Waals surface area contributed by atoms with Crippen LogP contribution < -0.4 is 19.7 Å². The van der Waals surface area contributed by atoms with Crippen LogP contribution in [0.1, 0.15) is 51.8 Å². The van der Waals surface area contributed by atoms with Gasteiger partial charge in [-0.15, -0.1) is 0 Å². The molecule has 146 valence electrons. The molecule has 2 aromatic rings. The van der Waals surface area contributed by atoms with Gasteiger partial charge in [-0.25, -0.2) is 4.98 Å². The topological polar surface area (TPSA) is 76.6 Å². The molecule has 1 unspecified atom stereocenters. The number of halogens is 1. The van der Waals surface area contributed by atoms with Gasteiger partial charge in [0.15, 0.2) is 5.82 Å². The number of aromatic nitrogens is 3. The van der Waals surface area contributed by atoms with Crippen LogP contribution >= 0.6 is 27.3 Å². The van der Waals surface area contributed by atoms with Crippen molar-refractivity contribution in [1.29, 1.82) is 0 Å². The summed E-state index contributed by atoms with van der Waals surface area (Å²) in [6, 6.07) is 0.639. The van der Waals surface area contributed by atoms with Gasteiger partial charge in [-0.2, -0.15) is 4.98 Å². The van der Waals surface area contributed by atoms with Gasteiger partial charge in [0.25, 0.3) is 5.19 Å². The second kappa shape index (κ2) is 7.87. The maximum Gasteiger partial charge on any atom is 0.324 e. The largest absolute Gasteiger partial charge is 0.467 e. The molecule has 9 heteroatoms. The predicted molar refractivity (Wildman–Crippen MR) is 108 cm³/mol. The minimum Gasteiger partial charge on any atom is -0.467 e. The lowest BCUT2D eigenvalue weighted by molar-refractivity contribution is 0.131. The van der Waals surface area contributed by atoms with Crippen molar-refractivity contribution in [1.82, 2.24) is 15.1 Å². The number of anilines is 1. The molecule has 4 rings (SSSR count). The number of hydrogen-bond acceptors (Lipinski definition) is 8. The Balaban J connectivity index is 1.35. The third-order valence-electron chi connectivity index (χ3n) is 5.09. The molecule has 2 atom stereocenters. The zero-order chi connectivity index (χ0) is 19.0. The number of rotatable bonds is 5. The lowest BCUT2D eigenvalue weighted by Crippen LogP contribution is -2.38. The highest BCUT2D eigenvalue weighted by Gasteiger charge is 2.28. The fourth-order valence-electron chi connectivity index (χ4n) is 3.37. The summed E-state index contributed by atoms with van der Waals surface area (Å²) in [7, 11) is 0. The van der Waals surface area contributed by atoms with Crippen LogP contribution in [0, 0.1) is 5.92 Å². The summed E-state index contributed by atoms with van der Waals surface area (Å²) in [5, 5.41) is 5.73. The molecule has 1 saturated heterocycles. The summed E-state index contributed by atoms with van der Waals surface area (Å²) < 4.78 is 12.5. The number of nitrogens with zero attached hydrogens (tertiary/aromatic N) is 5. The zero-order valence-electron chi connectivity index (χ0n) is 15.8. The molecule has 0 bridgehead atoms. The van der Waals surface area contributed by atoms with E-state index in [0.29, 0.717) is 11.9 Å². The minimum absolute atomic E-state index is 0.119. The highest BCUT2D eigenvalue weighted by atomic mass is 79.9. The van der Waals surface area contributed by atoms with Crippen molar-refractivity contribution < 1.29 is 9.26 Å². The standard InChI is InChI=1S/C18H24BrN5O2S/c1-10(2)15-22-17(26-23-15)24-8-6-12(7-9-24)11(3)25-18-20-13-4-5-14(19)21-16(13)27-18/h4,10-12,14H,5-9H2,1-3H3/t11-,14?/m0/s1. The van der Waals surface area contributed by atoms with Gasteiger partial charge >= 0.3 is 6.01 Å². The van der Waals surface area contributed by atoms with Gasteiger partial charge < -0.3 is 14.2 Å². The number of alkyl halides is 1. The number of hydrogen-bond donors (Lipinski definition) is 0. The summed E-state index contributed by atoms with van der Waals surface area (Å²) >= 11 is 5.06. The lowest BCUT2D eigenvalue weighted by atomic mass is 9.92. The Morgan fingerprint density at radius 1 is 1.26 bits per heavy atom. The molecule has 0 radical (unpaired) electrons. The van der Waals surface area contributed by atoms with Crippen molar-refractivity contribution in [3.63, 3.8) is 0 Å². The summed E-state index contributed by atoms with van der Waals surface area (Å²) in [6.45, 7) is 8.08. The van der Waals surface area contributed by atoms with Crippen LogP contribution in [0.4, 0.5) is 6.01 Å². The Labute approximate surface area is 170 Å². The highest BCUT2D eigenvalue weighted by molar-refractivity contribution is 9.09. The molecule has 0 saturated carbocycles. The van der Waals surface area contributed by atoms with Crippen molar-refractivity contribution in [2.24, 2.45) is 10.9 Å². The van der Waals surface area contributed by atoms with E-state index >= 15 is 0 Å². The van der Waals surface area contributed by atoms with Crippen LogP contribution in [0.2, 0.25) is 0 Å². The van der Waals surface area contributed by atoms with Crippen LogP contribution in [0.15, 0.2) is 9.52 Å². The molecular formula is C18H24BrN5O2S. The molecule has 7 nitrogen and oxygen atoms in total. The maximum absolute atomic E-state index is 6.16. The quantitative estimate of drug-likeness (QED) is 0.511. The summed E-state index contributed by atoms with van der Waals surface area (Å²) in [5.74, 6) is 1.53. The second-order valence-electron chi connectivity index (χ2n) is 7.41. The lowest BCUT2D eigenvalue weighted by Gasteiger charge is -2.33. The zero-order valence-corrected chi connectivity index (χ0v) is 18.2. The Hall–Kier alpha value is -1.48. The van der Waals surface area contributed by atoms with Crippen molar-refractivity contribution >= 4 is 39.4 Å². The molecule has 27 heavy (non-hydrogen) atoms. The van der Waals surface area contributed by atoms with Crippen molar-refractivity contribution in [3.8, 4) is 5.19 Å². The average Bonchev–Trinajstić information content (AvgIpc) is 3.28. The summed E-state index contributed by atoms with van der Waals surface area (Å²) in [5.41, 5.74) is 0. The minimum atomic E-state index is 0.119. The monoisotopic (exact) mass is 453 g/mol. The third-order valence-corrected chi connectivity index (χ3v) is 6.53. The first-order chi connectivity index (χ1) is 13.0. The second-order valence-corrected chi connectivity index (χ2v) is 9.41.